The number of carbonyl (C=O) groups is 1. The smallest absolute Gasteiger partial charge is 0.262 e. The number of fused-ring (bicyclic) bond motifs is 1. The molecule has 0 bridgehead atoms. The number of carbonyl (C=O) groups excluding carboxylic acids is 1. The molecule has 37 heavy (non-hydrogen) atoms. The van der Waals surface area contributed by atoms with Gasteiger partial charge in [-0.1, -0.05) is 24.6 Å². The quantitative estimate of drug-likeness (QED) is 0.265. The Hall–Kier alpha value is -2.47. The van der Waals surface area contributed by atoms with Gasteiger partial charge in [0.15, 0.2) is 0 Å². The van der Waals surface area contributed by atoms with Crippen molar-refractivity contribution in [3.63, 3.8) is 0 Å². The van der Waals surface area contributed by atoms with Crippen LogP contribution in [0.15, 0.2) is 59.5 Å². The molecular formula is C25H32Cl2N4O5S. The van der Waals surface area contributed by atoms with Gasteiger partial charge in [-0.15, -0.1) is 24.8 Å². The second kappa shape index (κ2) is 13.9. The summed E-state index contributed by atoms with van der Waals surface area (Å²) in [4.78, 5) is 18.6. The molecule has 3 aromatic rings. The first-order valence-electron chi connectivity index (χ1n) is 11.6. The number of amides is 1. The van der Waals surface area contributed by atoms with Crippen LogP contribution in [0.5, 0.6) is 5.75 Å². The maximum absolute atomic E-state index is 12.8. The third kappa shape index (κ3) is 7.76. The highest BCUT2D eigenvalue weighted by atomic mass is 35.5. The summed E-state index contributed by atoms with van der Waals surface area (Å²) in [6, 6.07) is 15.2. The molecule has 1 aliphatic rings. The Morgan fingerprint density at radius 1 is 1.08 bits per heavy atom. The molecule has 0 saturated carbocycles. The predicted molar refractivity (Wildman–Crippen MR) is 146 cm³/mol. The molecule has 9 nitrogen and oxygen atoms in total. The fourth-order valence-corrected chi connectivity index (χ4v) is 5.39. The average molecular weight is 572 g/mol. The molecule has 1 saturated heterocycles. The van der Waals surface area contributed by atoms with Crippen molar-refractivity contribution < 1.29 is 23.2 Å². The number of aryl methyl sites for hydroxylation is 1. The number of halogens is 2. The summed E-state index contributed by atoms with van der Waals surface area (Å²) in [7, 11) is -3.86. The number of pyridine rings is 1. The molecule has 3 N–H and O–H groups in total. The van der Waals surface area contributed by atoms with Gasteiger partial charge in [-0.25, -0.2) is 18.6 Å². The van der Waals surface area contributed by atoms with E-state index in [1.807, 2.05) is 42.2 Å². The van der Waals surface area contributed by atoms with E-state index in [1.165, 1.54) is 12.1 Å². The number of hydrogen-bond acceptors (Lipinski definition) is 7. The van der Waals surface area contributed by atoms with E-state index in [2.05, 4.69) is 9.71 Å². The van der Waals surface area contributed by atoms with Crippen LogP contribution in [-0.2, 0) is 21.4 Å². The van der Waals surface area contributed by atoms with E-state index in [4.69, 9.17) is 9.94 Å². The van der Waals surface area contributed by atoms with Gasteiger partial charge in [-0.3, -0.25) is 19.9 Å². The molecule has 0 spiro atoms. The van der Waals surface area contributed by atoms with Gasteiger partial charge in [-0.2, -0.15) is 0 Å². The van der Waals surface area contributed by atoms with Gasteiger partial charge in [0.25, 0.3) is 5.91 Å². The Balaban J connectivity index is 0.00000241. The summed E-state index contributed by atoms with van der Waals surface area (Å²) < 4.78 is 34.1. The molecule has 1 fully saturated rings. The summed E-state index contributed by atoms with van der Waals surface area (Å²) in [6.07, 6.45) is 2.93. The number of sulfonamides is 1. The third-order valence-electron chi connectivity index (χ3n) is 6.17. The van der Waals surface area contributed by atoms with E-state index in [0.29, 0.717) is 25.4 Å². The van der Waals surface area contributed by atoms with Gasteiger partial charge >= 0.3 is 0 Å². The van der Waals surface area contributed by atoms with Crippen LogP contribution >= 0.6 is 24.8 Å². The summed E-state index contributed by atoms with van der Waals surface area (Å²) in [5.41, 5.74) is 4.44. The molecule has 1 atom stereocenters. The molecule has 2 heterocycles. The second-order valence-electron chi connectivity index (χ2n) is 8.64. The molecule has 1 amide bonds. The van der Waals surface area contributed by atoms with Gasteiger partial charge in [0.05, 0.1) is 10.4 Å². The van der Waals surface area contributed by atoms with E-state index in [0.717, 1.165) is 41.4 Å². The SMILES string of the molecule is Cc1cc(COc2ccc(S(=O)(=O)NC[C@@H](C(=O)NO)N3CCCCC3)cc2)c2ccccc2n1.Cl.Cl. The van der Waals surface area contributed by atoms with Crippen molar-refractivity contribution in [2.45, 2.75) is 43.7 Å². The topological polar surface area (TPSA) is 121 Å². The highest BCUT2D eigenvalue weighted by molar-refractivity contribution is 7.89. The van der Waals surface area contributed by atoms with E-state index in [-0.39, 0.29) is 36.3 Å². The fraction of sp³-hybridized carbons (Fsp3) is 0.360. The molecule has 4 rings (SSSR count). The van der Waals surface area contributed by atoms with Gasteiger partial charge in [0.1, 0.15) is 18.4 Å². The lowest BCUT2D eigenvalue weighted by Gasteiger charge is -2.33. The van der Waals surface area contributed by atoms with Crippen molar-refractivity contribution in [1.29, 1.82) is 0 Å². The zero-order chi connectivity index (χ0) is 24.8. The highest BCUT2D eigenvalue weighted by Crippen LogP contribution is 2.22. The first-order chi connectivity index (χ1) is 16.9. The second-order valence-corrected chi connectivity index (χ2v) is 10.4. The van der Waals surface area contributed by atoms with Crippen LogP contribution in [0.3, 0.4) is 0 Å². The Labute approximate surface area is 229 Å². The summed E-state index contributed by atoms with van der Waals surface area (Å²) in [6.45, 7) is 3.47. The minimum absolute atomic E-state index is 0. The lowest BCUT2D eigenvalue weighted by atomic mass is 10.1. The molecule has 1 aliphatic heterocycles. The average Bonchev–Trinajstić information content (AvgIpc) is 2.88. The van der Waals surface area contributed by atoms with Crippen molar-refractivity contribution in [1.82, 2.24) is 20.1 Å². The predicted octanol–water partition coefficient (Wildman–Crippen LogP) is 3.60. The van der Waals surface area contributed by atoms with Crippen molar-refractivity contribution in [3.05, 3.63) is 65.9 Å². The van der Waals surface area contributed by atoms with Crippen LogP contribution in [-0.4, -0.2) is 55.1 Å². The number of piperidine rings is 1. The molecule has 0 unspecified atom stereocenters. The van der Waals surface area contributed by atoms with Crippen LogP contribution < -0.4 is 14.9 Å². The number of nitrogens with one attached hydrogen (secondary N) is 2. The summed E-state index contributed by atoms with van der Waals surface area (Å²) in [5, 5.41) is 10.1. The van der Waals surface area contributed by atoms with Crippen molar-refractivity contribution in [2.75, 3.05) is 19.6 Å². The van der Waals surface area contributed by atoms with Crippen molar-refractivity contribution in [2.24, 2.45) is 0 Å². The summed E-state index contributed by atoms with van der Waals surface area (Å²) in [5.74, 6) is -0.0921. The van der Waals surface area contributed by atoms with Crippen LogP contribution in [0, 0.1) is 6.92 Å². The molecule has 2 aromatic carbocycles. The van der Waals surface area contributed by atoms with Crippen LogP contribution in [0.4, 0.5) is 0 Å². The molecule has 202 valence electrons. The monoisotopic (exact) mass is 570 g/mol. The van der Waals surface area contributed by atoms with Crippen molar-refractivity contribution >= 4 is 51.6 Å². The number of rotatable bonds is 9. The van der Waals surface area contributed by atoms with Gasteiger partial charge in [0.2, 0.25) is 10.0 Å². The molecule has 0 aliphatic carbocycles. The maximum atomic E-state index is 12.8. The number of aromatic nitrogens is 1. The lowest BCUT2D eigenvalue weighted by molar-refractivity contribution is -0.135. The van der Waals surface area contributed by atoms with E-state index >= 15 is 0 Å². The minimum Gasteiger partial charge on any atom is -0.489 e. The first kappa shape index (κ1) is 30.8. The Bertz CT molecular complexity index is 1290. The van der Waals surface area contributed by atoms with Gasteiger partial charge in [-0.05, 0) is 69.3 Å². The number of nitrogens with zero attached hydrogens (tertiary/aromatic N) is 2. The number of ether oxygens (including phenoxy) is 1. The lowest BCUT2D eigenvalue weighted by Crippen LogP contribution is -2.53. The number of benzene rings is 2. The number of para-hydroxylation sites is 1. The van der Waals surface area contributed by atoms with E-state index < -0.39 is 22.0 Å². The Morgan fingerprint density at radius 2 is 1.76 bits per heavy atom. The van der Waals surface area contributed by atoms with Crippen LogP contribution in [0.25, 0.3) is 10.9 Å². The molecule has 12 heteroatoms. The fourth-order valence-electron chi connectivity index (χ4n) is 4.35. The Kier molecular flexibility index (Phi) is 11.5. The first-order valence-corrected chi connectivity index (χ1v) is 13.1. The largest absolute Gasteiger partial charge is 0.489 e. The number of likely N-dealkylation sites (tertiary alicyclic amines) is 1. The molecular weight excluding hydrogens is 539 g/mol. The van der Waals surface area contributed by atoms with Crippen molar-refractivity contribution in [3.8, 4) is 5.75 Å². The Morgan fingerprint density at radius 3 is 2.43 bits per heavy atom. The normalized spacial score (nSPS) is 14.8. The third-order valence-corrected chi connectivity index (χ3v) is 7.61. The standard InChI is InChI=1S/C25H30N4O5S.2ClH/c1-18-15-19(22-7-3-4-8-23(22)27-18)17-34-20-9-11-21(12-10-20)35(32,33)26-16-24(25(30)28-31)29-13-5-2-6-14-29;;/h3-4,7-12,15,24,26,31H,2,5-6,13-14,16-17H2,1H3,(H,28,30);2*1H/t24-;;/m0../s1. The molecule has 0 radical (unpaired) electrons. The van der Waals surface area contributed by atoms with Gasteiger partial charge in [0, 0.05) is 23.2 Å². The maximum Gasteiger partial charge on any atom is 0.262 e. The van der Waals surface area contributed by atoms with Crippen LogP contribution in [0.2, 0.25) is 0 Å². The summed E-state index contributed by atoms with van der Waals surface area (Å²) >= 11 is 0. The van der Waals surface area contributed by atoms with Crippen LogP contribution in [0.1, 0.15) is 30.5 Å². The minimum atomic E-state index is -3.86. The zero-order valence-electron chi connectivity index (χ0n) is 20.4. The van der Waals surface area contributed by atoms with E-state index in [1.54, 1.807) is 17.6 Å². The van der Waals surface area contributed by atoms with Gasteiger partial charge < -0.3 is 4.74 Å². The molecule has 1 aromatic heterocycles. The number of hydrogen-bond donors (Lipinski definition) is 3. The highest BCUT2D eigenvalue weighted by Gasteiger charge is 2.28. The zero-order valence-corrected chi connectivity index (χ0v) is 22.9. The number of hydroxylamine groups is 1. The van der Waals surface area contributed by atoms with E-state index in [9.17, 15) is 13.2 Å².